The van der Waals surface area contributed by atoms with Gasteiger partial charge in [0.1, 0.15) is 5.75 Å². The van der Waals surface area contributed by atoms with Crippen LogP contribution < -0.4 is 4.74 Å². The first-order chi connectivity index (χ1) is 13.6. The van der Waals surface area contributed by atoms with Crippen LogP contribution in [-0.2, 0) is 10.2 Å². The summed E-state index contributed by atoms with van der Waals surface area (Å²) in [5, 5.41) is 6.81. The van der Waals surface area contributed by atoms with Crippen molar-refractivity contribution in [1.29, 1.82) is 0 Å². The van der Waals surface area contributed by atoms with Crippen molar-refractivity contribution in [2.24, 2.45) is 5.92 Å². The van der Waals surface area contributed by atoms with Crippen LogP contribution in [0.2, 0.25) is 0 Å². The van der Waals surface area contributed by atoms with Crippen molar-refractivity contribution < 1.29 is 13.2 Å². The van der Waals surface area contributed by atoms with E-state index in [9.17, 15) is 8.42 Å². The van der Waals surface area contributed by atoms with Crippen LogP contribution in [0.25, 0.3) is 11.4 Å². The fourth-order valence-corrected chi connectivity index (χ4v) is 5.67. The zero-order valence-corrected chi connectivity index (χ0v) is 16.8. The van der Waals surface area contributed by atoms with Gasteiger partial charge in [-0.05, 0) is 43.9 Å². The molecule has 0 aliphatic carbocycles. The molecule has 152 valence electrons. The first-order valence-corrected chi connectivity index (χ1v) is 11.4. The first-order valence-electron chi connectivity index (χ1n) is 9.97. The number of hydrogen-bond donors (Lipinski definition) is 1. The van der Waals surface area contributed by atoms with Gasteiger partial charge in [-0.3, -0.25) is 10.1 Å². The second-order valence-electron chi connectivity index (χ2n) is 7.49. The summed E-state index contributed by atoms with van der Waals surface area (Å²) in [6, 6.07) is 5.63. The fourth-order valence-electron chi connectivity index (χ4n) is 3.87. The van der Waals surface area contributed by atoms with Gasteiger partial charge in [-0.1, -0.05) is 6.42 Å². The second kappa shape index (κ2) is 8.59. The molecule has 9 heteroatoms. The summed E-state index contributed by atoms with van der Waals surface area (Å²) >= 11 is 0. The predicted molar refractivity (Wildman–Crippen MR) is 106 cm³/mol. The fraction of sp³-hybridized carbons (Fsp3) is 0.579. The third-order valence-corrected chi connectivity index (χ3v) is 7.45. The van der Waals surface area contributed by atoms with Gasteiger partial charge in [-0.25, -0.2) is 0 Å². The van der Waals surface area contributed by atoms with E-state index in [0.717, 1.165) is 43.5 Å². The molecular weight excluding hydrogens is 378 g/mol. The van der Waals surface area contributed by atoms with Crippen molar-refractivity contribution in [3.8, 4) is 17.1 Å². The van der Waals surface area contributed by atoms with Gasteiger partial charge < -0.3 is 4.74 Å². The standard InChI is InChI=1S/C19H27N5O3S/c25-28(26,23-10-2-1-3-11-23)24-12-4-5-16(14-24)15-27-17-6-7-18(20-13-17)19-8-9-21-22-19/h6-9,13,16H,1-5,10-12,14-15H2,(H,21,22)/t16-/m1/s1. The van der Waals surface area contributed by atoms with Crippen LogP contribution in [0.4, 0.5) is 0 Å². The molecule has 2 saturated heterocycles. The number of H-pyrrole nitrogens is 1. The smallest absolute Gasteiger partial charge is 0.281 e. The Balaban J connectivity index is 1.32. The molecule has 1 atom stereocenters. The molecular formula is C19H27N5O3S. The molecule has 2 aromatic rings. The lowest BCUT2D eigenvalue weighted by Gasteiger charge is -2.36. The molecule has 2 aromatic heterocycles. The van der Waals surface area contributed by atoms with Crippen molar-refractivity contribution in [1.82, 2.24) is 23.8 Å². The van der Waals surface area contributed by atoms with E-state index in [0.29, 0.717) is 38.5 Å². The van der Waals surface area contributed by atoms with Gasteiger partial charge >= 0.3 is 0 Å². The normalized spacial score (nSPS) is 22.2. The molecule has 2 aliphatic heterocycles. The summed E-state index contributed by atoms with van der Waals surface area (Å²) in [5.41, 5.74) is 1.67. The van der Waals surface area contributed by atoms with Crippen molar-refractivity contribution in [2.75, 3.05) is 32.8 Å². The summed E-state index contributed by atoms with van der Waals surface area (Å²) in [6.45, 7) is 2.92. The summed E-state index contributed by atoms with van der Waals surface area (Å²) in [4.78, 5) is 4.39. The van der Waals surface area contributed by atoms with Crippen LogP contribution in [0, 0.1) is 5.92 Å². The second-order valence-corrected chi connectivity index (χ2v) is 9.42. The minimum Gasteiger partial charge on any atom is -0.492 e. The highest BCUT2D eigenvalue weighted by molar-refractivity contribution is 7.86. The third-order valence-electron chi connectivity index (χ3n) is 5.45. The highest BCUT2D eigenvalue weighted by Gasteiger charge is 2.34. The Morgan fingerprint density at radius 1 is 1.07 bits per heavy atom. The van der Waals surface area contributed by atoms with E-state index in [2.05, 4.69) is 15.2 Å². The molecule has 0 radical (unpaired) electrons. The number of rotatable bonds is 6. The topological polar surface area (TPSA) is 91.4 Å². The average Bonchev–Trinajstić information content (AvgIpc) is 3.28. The molecule has 28 heavy (non-hydrogen) atoms. The molecule has 8 nitrogen and oxygen atoms in total. The van der Waals surface area contributed by atoms with E-state index in [-0.39, 0.29) is 5.92 Å². The molecule has 2 fully saturated rings. The van der Waals surface area contributed by atoms with Crippen LogP contribution in [-0.4, -0.2) is 65.0 Å². The van der Waals surface area contributed by atoms with Gasteiger partial charge in [0, 0.05) is 38.3 Å². The zero-order chi connectivity index (χ0) is 19.4. The number of aromatic amines is 1. The van der Waals surface area contributed by atoms with Crippen LogP contribution >= 0.6 is 0 Å². The van der Waals surface area contributed by atoms with E-state index in [1.165, 1.54) is 0 Å². The Hall–Kier alpha value is -1.97. The lowest BCUT2D eigenvalue weighted by molar-refractivity contribution is 0.172. The first kappa shape index (κ1) is 19.4. The number of pyridine rings is 1. The van der Waals surface area contributed by atoms with Crippen LogP contribution in [0.1, 0.15) is 32.1 Å². The number of hydrogen-bond acceptors (Lipinski definition) is 5. The molecule has 0 aromatic carbocycles. The van der Waals surface area contributed by atoms with E-state index in [1.54, 1.807) is 21.0 Å². The van der Waals surface area contributed by atoms with E-state index < -0.39 is 10.2 Å². The Bertz CT molecular complexity index is 848. The van der Waals surface area contributed by atoms with Crippen molar-refractivity contribution in [3.05, 3.63) is 30.6 Å². The monoisotopic (exact) mass is 405 g/mol. The molecule has 0 amide bonds. The Labute approximate surface area is 166 Å². The lowest BCUT2D eigenvalue weighted by atomic mass is 10.0. The third kappa shape index (κ3) is 4.37. The largest absolute Gasteiger partial charge is 0.492 e. The molecule has 4 heterocycles. The van der Waals surface area contributed by atoms with E-state index in [4.69, 9.17) is 4.74 Å². The Morgan fingerprint density at radius 3 is 2.61 bits per heavy atom. The summed E-state index contributed by atoms with van der Waals surface area (Å²) in [6.07, 6.45) is 8.28. The van der Waals surface area contributed by atoms with Crippen LogP contribution in [0.5, 0.6) is 5.75 Å². The van der Waals surface area contributed by atoms with Gasteiger partial charge in [-0.15, -0.1) is 0 Å². The van der Waals surface area contributed by atoms with E-state index >= 15 is 0 Å². The summed E-state index contributed by atoms with van der Waals surface area (Å²) < 4.78 is 35.0. The SMILES string of the molecule is O=S(=O)(N1CCCCC1)N1CCC[C@@H](COc2ccc(-c3ccn[nH]3)nc2)C1. The molecule has 0 bridgehead atoms. The van der Waals surface area contributed by atoms with E-state index in [1.807, 2.05) is 18.2 Å². The number of ether oxygens (including phenoxy) is 1. The van der Waals surface area contributed by atoms with Crippen molar-refractivity contribution in [2.45, 2.75) is 32.1 Å². The molecule has 0 unspecified atom stereocenters. The predicted octanol–water partition coefficient (Wildman–Crippen LogP) is 2.29. The lowest BCUT2D eigenvalue weighted by Crippen LogP contribution is -2.50. The molecule has 2 aliphatic rings. The summed E-state index contributed by atoms with van der Waals surface area (Å²) in [5.74, 6) is 0.889. The molecule has 1 N–H and O–H groups in total. The summed E-state index contributed by atoms with van der Waals surface area (Å²) in [7, 11) is -3.34. The Kier molecular flexibility index (Phi) is 5.93. The Morgan fingerprint density at radius 2 is 1.89 bits per heavy atom. The maximum atomic E-state index is 12.9. The maximum Gasteiger partial charge on any atom is 0.281 e. The number of nitrogens with one attached hydrogen (secondary N) is 1. The minimum atomic E-state index is -3.34. The van der Waals surface area contributed by atoms with Gasteiger partial charge in [-0.2, -0.15) is 22.1 Å². The maximum absolute atomic E-state index is 12.9. The highest BCUT2D eigenvalue weighted by atomic mass is 32.2. The molecule has 4 rings (SSSR count). The zero-order valence-electron chi connectivity index (χ0n) is 16.0. The van der Waals surface area contributed by atoms with Crippen LogP contribution in [0.3, 0.4) is 0 Å². The molecule has 0 spiro atoms. The van der Waals surface area contributed by atoms with Crippen LogP contribution in [0.15, 0.2) is 30.6 Å². The highest BCUT2D eigenvalue weighted by Crippen LogP contribution is 2.24. The number of nitrogens with zero attached hydrogens (tertiary/aromatic N) is 4. The minimum absolute atomic E-state index is 0.195. The number of aromatic nitrogens is 3. The molecule has 0 saturated carbocycles. The average molecular weight is 406 g/mol. The quantitative estimate of drug-likeness (QED) is 0.796. The van der Waals surface area contributed by atoms with Gasteiger partial charge in [0.25, 0.3) is 10.2 Å². The van der Waals surface area contributed by atoms with Gasteiger partial charge in [0.05, 0.1) is 24.2 Å². The van der Waals surface area contributed by atoms with Gasteiger partial charge in [0.15, 0.2) is 0 Å². The number of piperidine rings is 2. The van der Waals surface area contributed by atoms with Gasteiger partial charge in [0.2, 0.25) is 0 Å². The van der Waals surface area contributed by atoms with Crippen molar-refractivity contribution in [3.63, 3.8) is 0 Å². The van der Waals surface area contributed by atoms with Crippen molar-refractivity contribution >= 4 is 10.2 Å².